The van der Waals surface area contributed by atoms with Crippen molar-refractivity contribution >= 4 is 23.9 Å². The first-order valence-electron chi connectivity index (χ1n) is 8.04. The zero-order valence-corrected chi connectivity index (χ0v) is 16.3. The molecular weight excluding hydrogens is 339 g/mol. The van der Waals surface area contributed by atoms with E-state index in [2.05, 4.69) is 38.0 Å². The van der Waals surface area contributed by atoms with Crippen LogP contribution in [0.3, 0.4) is 0 Å². The molecule has 0 spiro atoms. The lowest BCUT2D eigenvalue weighted by Gasteiger charge is -2.17. The van der Waals surface area contributed by atoms with Gasteiger partial charge in [-0.25, -0.2) is 25.4 Å². The molecule has 1 N–H and O–H groups in total. The molecule has 0 aromatic carbocycles. The summed E-state index contributed by atoms with van der Waals surface area (Å²) in [6.45, 7) is 9.88. The van der Waals surface area contributed by atoms with E-state index in [1.807, 2.05) is 47.0 Å². The smallest absolute Gasteiger partial charge is 0.280 e. The second-order valence-electron chi connectivity index (χ2n) is 4.96. The Kier molecular flexibility index (Phi) is 8.44. The summed E-state index contributed by atoms with van der Waals surface area (Å²) in [5.74, 6) is 0.729. The number of thiol groups is 1. The van der Waals surface area contributed by atoms with Crippen molar-refractivity contribution in [3.63, 3.8) is 0 Å². The molecule has 25 heavy (non-hydrogen) atoms. The Morgan fingerprint density at radius 1 is 1.08 bits per heavy atom. The van der Waals surface area contributed by atoms with Crippen molar-refractivity contribution < 1.29 is 4.39 Å². The number of nitrogens with zero attached hydrogens (tertiary/aromatic N) is 5. The summed E-state index contributed by atoms with van der Waals surface area (Å²) >= 11 is 3.53. The van der Waals surface area contributed by atoms with Crippen molar-refractivity contribution in [3.8, 4) is 0 Å². The van der Waals surface area contributed by atoms with Crippen molar-refractivity contribution in [1.82, 2.24) is 25.4 Å². The van der Waals surface area contributed by atoms with Gasteiger partial charge in [0, 0.05) is 18.0 Å². The van der Waals surface area contributed by atoms with Crippen molar-refractivity contribution in [1.29, 1.82) is 0 Å². The molecule has 6 nitrogen and oxygen atoms in total. The van der Waals surface area contributed by atoms with Gasteiger partial charge in [0.1, 0.15) is 5.82 Å². The van der Waals surface area contributed by atoms with Gasteiger partial charge in [-0.15, -0.1) is 0 Å². The van der Waals surface area contributed by atoms with Gasteiger partial charge < -0.3 is 0 Å². The summed E-state index contributed by atoms with van der Waals surface area (Å²) in [4.78, 5) is 15.8. The van der Waals surface area contributed by atoms with Crippen LogP contribution in [-0.2, 0) is 0 Å². The largest absolute Gasteiger partial charge is 0.308 e. The molecule has 0 saturated heterocycles. The van der Waals surface area contributed by atoms with Gasteiger partial charge in [-0.05, 0) is 32.6 Å². The van der Waals surface area contributed by atoms with Gasteiger partial charge in [-0.1, -0.05) is 13.8 Å². The number of aromatic nitrogens is 4. The fourth-order valence-corrected chi connectivity index (χ4v) is 2.23. The Morgan fingerprint density at radius 2 is 1.68 bits per heavy atom. The number of anilines is 1. The van der Waals surface area contributed by atoms with E-state index in [1.54, 1.807) is 11.3 Å². The highest BCUT2D eigenvalue weighted by Gasteiger charge is 2.24. The molecule has 3 rings (SSSR count). The number of hydrogen-bond donors (Lipinski definition) is 2. The summed E-state index contributed by atoms with van der Waals surface area (Å²) in [6, 6.07) is 0.0723. The quantitative estimate of drug-likeness (QED) is 0.629. The topological polar surface area (TPSA) is 66.8 Å². The van der Waals surface area contributed by atoms with Crippen LogP contribution in [-0.4, -0.2) is 32.2 Å². The number of halogens is 1. The second kappa shape index (κ2) is 10.0. The van der Waals surface area contributed by atoms with E-state index >= 15 is 0 Å². The van der Waals surface area contributed by atoms with Gasteiger partial charge in [0.2, 0.25) is 0 Å². The van der Waals surface area contributed by atoms with E-state index in [-0.39, 0.29) is 6.04 Å². The van der Waals surface area contributed by atoms with Gasteiger partial charge in [-0.2, -0.15) is 17.0 Å². The summed E-state index contributed by atoms with van der Waals surface area (Å²) < 4.78 is 12.8. The normalized spacial score (nSPS) is 15.6. The van der Waals surface area contributed by atoms with Crippen LogP contribution in [0.5, 0.6) is 0 Å². The zero-order valence-electron chi connectivity index (χ0n) is 15.4. The Bertz CT molecular complexity index is 705. The highest BCUT2D eigenvalue weighted by molar-refractivity contribution is 7.79. The van der Waals surface area contributed by atoms with Gasteiger partial charge in [0.05, 0.1) is 29.8 Å². The standard InChI is InChI=1S/C14H15FN6.C2H6.CH4S/c1-8-4-16-10(3)19-13(8)12-7-21(20-9(12)2)11-5-17-14(15)18-6-11;2*1-2/h4-7,9,20H,1-3H3;1-2H3;2H,1H3. The third kappa shape index (κ3) is 5.20. The van der Waals surface area contributed by atoms with Crippen LogP contribution >= 0.6 is 12.6 Å². The Morgan fingerprint density at radius 3 is 2.28 bits per heavy atom. The molecule has 0 radical (unpaired) electrons. The zero-order chi connectivity index (χ0) is 19.0. The Hall–Kier alpha value is -2.06. The molecule has 0 aliphatic carbocycles. The van der Waals surface area contributed by atoms with Crippen LogP contribution in [0, 0.1) is 19.9 Å². The molecule has 136 valence electrons. The molecule has 0 fully saturated rings. The second-order valence-corrected chi connectivity index (χ2v) is 4.96. The fourth-order valence-electron chi connectivity index (χ4n) is 2.23. The molecular formula is C17H25FN6S. The first-order chi connectivity index (χ1) is 12.0. The molecule has 1 atom stereocenters. The predicted octanol–water partition coefficient (Wildman–Crippen LogP) is 3.35. The minimum absolute atomic E-state index is 0.0723. The number of hydrazine groups is 1. The van der Waals surface area contributed by atoms with Crippen LogP contribution in [0.15, 0.2) is 24.8 Å². The van der Waals surface area contributed by atoms with Crippen LogP contribution in [0.25, 0.3) is 5.57 Å². The van der Waals surface area contributed by atoms with E-state index in [1.165, 1.54) is 12.4 Å². The minimum Gasteiger partial charge on any atom is -0.280 e. The average Bonchev–Trinajstić information content (AvgIpc) is 3.03. The van der Waals surface area contributed by atoms with Crippen LogP contribution in [0.1, 0.15) is 37.9 Å². The van der Waals surface area contributed by atoms with Gasteiger partial charge in [0.15, 0.2) is 0 Å². The molecule has 3 heterocycles. The molecule has 0 amide bonds. The molecule has 2 aromatic heterocycles. The maximum atomic E-state index is 12.8. The first kappa shape index (κ1) is 21.0. The lowest BCUT2D eigenvalue weighted by Crippen LogP contribution is -2.34. The number of nitrogens with one attached hydrogen (secondary N) is 1. The monoisotopic (exact) mass is 364 g/mol. The lowest BCUT2D eigenvalue weighted by molar-refractivity contribution is 0.537. The van der Waals surface area contributed by atoms with Crippen molar-refractivity contribution in [2.24, 2.45) is 0 Å². The molecule has 2 aromatic rings. The van der Waals surface area contributed by atoms with E-state index in [4.69, 9.17) is 0 Å². The van der Waals surface area contributed by atoms with Crippen molar-refractivity contribution in [2.75, 3.05) is 11.3 Å². The summed E-state index contributed by atoms with van der Waals surface area (Å²) in [7, 11) is 0. The van der Waals surface area contributed by atoms with Gasteiger partial charge in [0.25, 0.3) is 0 Å². The maximum absolute atomic E-state index is 12.8. The Labute approximate surface area is 154 Å². The molecule has 1 aliphatic rings. The van der Waals surface area contributed by atoms with Crippen LogP contribution in [0.4, 0.5) is 10.1 Å². The number of rotatable bonds is 2. The van der Waals surface area contributed by atoms with Gasteiger partial charge >= 0.3 is 6.08 Å². The molecule has 0 bridgehead atoms. The maximum Gasteiger partial charge on any atom is 0.308 e. The summed E-state index contributed by atoms with van der Waals surface area (Å²) in [5, 5.41) is 1.77. The van der Waals surface area contributed by atoms with Gasteiger partial charge in [-0.3, -0.25) is 5.01 Å². The van der Waals surface area contributed by atoms with E-state index in [9.17, 15) is 4.39 Å². The Balaban J connectivity index is 0.000000730. The van der Waals surface area contributed by atoms with E-state index in [0.29, 0.717) is 5.69 Å². The summed E-state index contributed by atoms with van der Waals surface area (Å²) in [5.41, 5.74) is 6.90. The highest BCUT2D eigenvalue weighted by atomic mass is 32.1. The van der Waals surface area contributed by atoms with Crippen LogP contribution < -0.4 is 10.4 Å². The van der Waals surface area contributed by atoms with Crippen molar-refractivity contribution in [2.45, 2.75) is 40.7 Å². The van der Waals surface area contributed by atoms with Crippen molar-refractivity contribution in [3.05, 3.63) is 48.0 Å². The average molecular weight is 364 g/mol. The molecule has 1 unspecified atom stereocenters. The third-order valence-electron chi connectivity index (χ3n) is 3.32. The highest BCUT2D eigenvalue weighted by Crippen LogP contribution is 2.27. The van der Waals surface area contributed by atoms with E-state index in [0.717, 1.165) is 22.7 Å². The third-order valence-corrected chi connectivity index (χ3v) is 3.32. The molecule has 8 heteroatoms. The summed E-state index contributed by atoms with van der Waals surface area (Å²) in [6.07, 6.45) is 7.56. The number of aryl methyl sites for hydroxylation is 2. The minimum atomic E-state index is -0.738. The fraction of sp³-hybridized carbons (Fsp3) is 0.412. The number of hydrogen-bond acceptors (Lipinski definition) is 7. The van der Waals surface area contributed by atoms with Crippen LogP contribution in [0.2, 0.25) is 0 Å². The molecule has 1 aliphatic heterocycles. The lowest BCUT2D eigenvalue weighted by atomic mass is 10.0. The first-order valence-corrected chi connectivity index (χ1v) is 8.94. The van der Waals surface area contributed by atoms with E-state index < -0.39 is 6.08 Å². The SMILES string of the molecule is CC.CS.Cc1ncc(C)c(C2=CN(c3cnc(F)nc3)NC2C)n1. The molecule has 0 saturated carbocycles. The predicted molar refractivity (Wildman–Crippen MR) is 103 cm³/mol.